The molecule has 0 aliphatic carbocycles. The average Bonchev–Trinajstić information content (AvgIpc) is 3.85. The summed E-state index contributed by atoms with van der Waals surface area (Å²) in [4.78, 5) is 46.8. The van der Waals surface area contributed by atoms with Crippen molar-refractivity contribution in [1.82, 2.24) is 30.9 Å². The van der Waals surface area contributed by atoms with Crippen LogP contribution in [0.4, 0.5) is 0 Å². The molecule has 4 heterocycles. The number of hydrogen-bond acceptors (Lipinski definition) is 11. The van der Waals surface area contributed by atoms with Crippen molar-refractivity contribution in [1.29, 1.82) is 0 Å². The molecule has 8 rings (SSSR count). The zero-order valence-electron chi connectivity index (χ0n) is 27.8. The maximum Gasteiger partial charge on any atom is 0.347 e. The molecule has 0 spiro atoms. The van der Waals surface area contributed by atoms with Gasteiger partial charge in [-0.2, -0.15) is 0 Å². The van der Waals surface area contributed by atoms with E-state index in [1.807, 2.05) is 84.9 Å². The summed E-state index contributed by atoms with van der Waals surface area (Å²) in [5.74, 6) is -5.18. The third kappa shape index (κ3) is 6.09. The summed E-state index contributed by atoms with van der Waals surface area (Å²) in [6, 6.07) is 34.0. The minimum Gasteiger partial charge on any atom is -0.505 e. The first-order chi connectivity index (χ1) is 26.3. The van der Waals surface area contributed by atoms with Gasteiger partial charge in [0.15, 0.2) is 34.1 Å². The zero-order valence-corrected chi connectivity index (χ0v) is 27.8. The van der Waals surface area contributed by atoms with Crippen LogP contribution in [0.3, 0.4) is 0 Å². The Morgan fingerprint density at radius 1 is 0.519 bits per heavy atom. The third-order valence-corrected chi connectivity index (χ3v) is 8.74. The second-order valence-electron chi connectivity index (χ2n) is 12.1. The molecule has 5 N–H and O–H groups in total. The first-order valence-electron chi connectivity index (χ1n) is 16.4. The van der Waals surface area contributed by atoms with Crippen LogP contribution >= 0.6 is 0 Å². The molecule has 0 saturated heterocycles. The number of aromatic nitrogens is 4. The Hall–Kier alpha value is -7.87. The first-order valence-corrected chi connectivity index (χ1v) is 16.4. The molecule has 0 aliphatic heterocycles. The van der Waals surface area contributed by atoms with Crippen molar-refractivity contribution < 1.29 is 38.7 Å². The number of carboxylic acids is 1. The Morgan fingerprint density at radius 2 is 0.870 bits per heavy atom. The number of nitrogens with zero attached hydrogens (tertiary/aromatic N) is 4. The molecule has 0 aliphatic rings. The van der Waals surface area contributed by atoms with Crippen molar-refractivity contribution in [2.75, 3.05) is 0 Å². The van der Waals surface area contributed by atoms with Crippen LogP contribution in [0.15, 0.2) is 131 Å². The number of carboxylic acid groups (broad SMARTS) is 1. The summed E-state index contributed by atoms with van der Waals surface area (Å²) in [6.07, 6.45) is 0.283. The molecule has 2 amide bonds. The molecule has 14 heteroatoms. The predicted octanol–water partition coefficient (Wildman–Crippen LogP) is 6.41. The number of hydrogen-bond donors (Lipinski definition) is 5. The minimum atomic E-state index is -2.04. The van der Waals surface area contributed by atoms with E-state index in [-0.39, 0.29) is 33.3 Å². The van der Waals surface area contributed by atoms with E-state index in [0.717, 1.165) is 34.6 Å². The molecule has 0 radical (unpaired) electrons. The Bertz CT molecular complexity index is 2510. The summed E-state index contributed by atoms with van der Waals surface area (Å²) in [5.41, 5.74) is 4.52. The van der Waals surface area contributed by atoms with E-state index in [9.17, 15) is 29.7 Å². The second-order valence-corrected chi connectivity index (χ2v) is 12.1. The van der Waals surface area contributed by atoms with Gasteiger partial charge in [-0.1, -0.05) is 120 Å². The summed E-state index contributed by atoms with van der Waals surface area (Å²) in [5, 5.41) is 44.8. The molecule has 14 nitrogen and oxygen atoms in total. The molecule has 0 atom stereocenters. The number of carbonyl (C=O) groups excluding carboxylic acids is 2. The van der Waals surface area contributed by atoms with Crippen molar-refractivity contribution in [2.45, 2.75) is 6.17 Å². The lowest BCUT2D eigenvalue weighted by atomic mass is 10.0. The highest BCUT2D eigenvalue weighted by atomic mass is 16.5. The van der Waals surface area contributed by atoms with Crippen LogP contribution in [0.5, 0.6) is 11.5 Å². The first kappa shape index (κ1) is 33.3. The van der Waals surface area contributed by atoms with Crippen LogP contribution in [-0.4, -0.2) is 59.6 Å². The molecule has 0 saturated carbocycles. The highest BCUT2D eigenvalue weighted by Gasteiger charge is 2.30. The number of benzene rings is 4. The number of carbonyl (C=O) groups is 3. The predicted molar refractivity (Wildman–Crippen MR) is 195 cm³/mol. The smallest absolute Gasteiger partial charge is 0.347 e. The van der Waals surface area contributed by atoms with Gasteiger partial charge in [-0.05, 0) is 22.3 Å². The fourth-order valence-electron chi connectivity index (χ4n) is 6.03. The van der Waals surface area contributed by atoms with Crippen LogP contribution in [0.25, 0.3) is 66.7 Å². The highest BCUT2D eigenvalue weighted by Crippen LogP contribution is 2.38. The topological polar surface area (TPSA) is 214 Å². The minimum absolute atomic E-state index is 0.0696. The quantitative estimate of drug-likeness (QED) is 0.102. The van der Waals surface area contributed by atoms with Gasteiger partial charge < -0.3 is 35.0 Å². The summed E-state index contributed by atoms with van der Waals surface area (Å²) in [6.45, 7) is 0. The molecular formula is C40H26N6O8. The molecular weight excluding hydrogens is 692 g/mol. The lowest BCUT2D eigenvalue weighted by molar-refractivity contribution is -0.139. The summed E-state index contributed by atoms with van der Waals surface area (Å²) >= 11 is 0. The van der Waals surface area contributed by atoms with Crippen LogP contribution < -0.4 is 10.6 Å². The van der Waals surface area contributed by atoms with Gasteiger partial charge in [0.2, 0.25) is 6.17 Å². The number of amides is 2. The van der Waals surface area contributed by atoms with E-state index in [4.69, 9.17) is 9.05 Å². The number of pyridine rings is 2. The van der Waals surface area contributed by atoms with E-state index in [0.29, 0.717) is 11.1 Å². The normalized spacial score (nSPS) is 11.2. The molecule has 4 aromatic heterocycles. The van der Waals surface area contributed by atoms with Gasteiger partial charge in [-0.25, -0.2) is 14.8 Å². The molecule has 0 unspecified atom stereocenters. The van der Waals surface area contributed by atoms with Crippen molar-refractivity contribution in [2.24, 2.45) is 0 Å². The van der Waals surface area contributed by atoms with Gasteiger partial charge in [0.05, 0.1) is 23.2 Å². The Kier molecular flexibility index (Phi) is 8.44. The van der Waals surface area contributed by atoms with Gasteiger partial charge >= 0.3 is 5.97 Å². The SMILES string of the molecule is O=C(NC(NC(=O)c1ncc2onc(-c3ccc(-c4ccccc4)cc3)c2c1O)C(=O)O)c1ncc2onc(-c3ccc(-c4ccccc4)cc3)c2c1O. The van der Waals surface area contributed by atoms with E-state index >= 15 is 0 Å². The maximum absolute atomic E-state index is 13.4. The van der Waals surface area contributed by atoms with Gasteiger partial charge in [-0.15, -0.1) is 0 Å². The maximum atomic E-state index is 13.4. The van der Waals surface area contributed by atoms with E-state index in [1.165, 1.54) is 0 Å². The fraction of sp³-hybridized carbons (Fsp3) is 0.0250. The van der Waals surface area contributed by atoms with Crippen molar-refractivity contribution in [3.63, 3.8) is 0 Å². The number of nitrogens with one attached hydrogen (secondary N) is 2. The monoisotopic (exact) mass is 718 g/mol. The Morgan fingerprint density at radius 3 is 1.24 bits per heavy atom. The van der Waals surface area contributed by atoms with Crippen LogP contribution in [0, 0.1) is 0 Å². The highest BCUT2D eigenvalue weighted by molar-refractivity contribution is 6.07. The largest absolute Gasteiger partial charge is 0.505 e. The fourth-order valence-corrected chi connectivity index (χ4v) is 6.03. The molecule has 0 fully saturated rings. The van der Waals surface area contributed by atoms with Crippen molar-refractivity contribution >= 4 is 39.7 Å². The summed E-state index contributed by atoms with van der Waals surface area (Å²) < 4.78 is 10.7. The average molecular weight is 719 g/mol. The second kappa shape index (κ2) is 13.7. The Balaban J connectivity index is 1.03. The van der Waals surface area contributed by atoms with Crippen molar-refractivity contribution in [3.8, 4) is 56.3 Å². The van der Waals surface area contributed by atoms with E-state index < -0.39 is 46.8 Å². The van der Waals surface area contributed by atoms with E-state index in [2.05, 4.69) is 30.9 Å². The van der Waals surface area contributed by atoms with Gasteiger partial charge in [0, 0.05) is 11.1 Å². The van der Waals surface area contributed by atoms with Crippen molar-refractivity contribution in [3.05, 3.63) is 133 Å². The van der Waals surface area contributed by atoms with Crippen LogP contribution in [-0.2, 0) is 4.79 Å². The van der Waals surface area contributed by atoms with E-state index in [1.54, 1.807) is 24.3 Å². The lowest BCUT2D eigenvalue weighted by Crippen LogP contribution is -2.53. The third-order valence-electron chi connectivity index (χ3n) is 8.74. The zero-order chi connectivity index (χ0) is 37.3. The van der Waals surface area contributed by atoms with Gasteiger partial charge in [-0.3, -0.25) is 9.59 Å². The summed E-state index contributed by atoms with van der Waals surface area (Å²) in [7, 11) is 0. The van der Waals surface area contributed by atoms with Gasteiger partial charge in [0.1, 0.15) is 11.4 Å². The standard InChI is InChI=1S/C40H26N6O8/c47-35-29-27(53-45-31(29)25-15-11-23(12-16-25)21-7-3-1-4-8-21)19-41-33(35)38(49)43-37(40(51)52)44-39(50)34-36(48)30-28(20-42-34)54-46-32(30)26-17-13-24(14-18-26)22-9-5-2-6-10-22/h1-20,37,47-48H,(H,43,49)(H,44,50)(H,51,52). The number of rotatable bonds is 9. The number of aromatic hydroxyl groups is 2. The number of aliphatic carboxylic acids is 1. The van der Waals surface area contributed by atoms with Gasteiger partial charge in [0.25, 0.3) is 11.8 Å². The molecule has 8 aromatic rings. The van der Waals surface area contributed by atoms with Crippen LogP contribution in [0.2, 0.25) is 0 Å². The molecule has 264 valence electrons. The molecule has 0 bridgehead atoms. The lowest BCUT2D eigenvalue weighted by Gasteiger charge is -2.16. The van der Waals surface area contributed by atoms with Crippen LogP contribution in [0.1, 0.15) is 21.0 Å². The molecule has 54 heavy (non-hydrogen) atoms. The number of fused-ring (bicyclic) bond motifs is 2. The Labute approximate surface area is 304 Å². The molecule has 4 aromatic carbocycles.